The molecule has 1 aromatic rings. The van der Waals surface area contributed by atoms with Gasteiger partial charge in [0, 0.05) is 17.4 Å². The number of anilines is 1. The van der Waals surface area contributed by atoms with Crippen LogP contribution in [0, 0.1) is 0 Å². The Morgan fingerprint density at radius 1 is 1.42 bits per heavy atom. The predicted octanol–water partition coefficient (Wildman–Crippen LogP) is 0.572. The fourth-order valence-electron chi connectivity index (χ4n) is 2.27. The van der Waals surface area contributed by atoms with Crippen molar-refractivity contribution in [2.75, 3.05) is 11.4 Å². The lowest BCUT2D eigenvalue weighted by Crippen LogP contribution is -2.37. The quantitative estimate of drug-likeness (QED) is 0.752. The van der Waals surface area contributed by atoms with Crippen LogP contribution in [0.4, 0.5) is 5.69 Å². The average Bonchev–Trinajstić information content (AvgIpc) is 2.71. The summed E-state index contributed by atoms with van der Waals surface area (Å²) in [5.41, 5.74) is 5.97. The van der Waals surface area contributed by atoms with Gasteiger partial charge in [0.25, 0.3) is 5.91 Å². The third kappa shape index (κ3) is 2.71. The van der Waals surface area contributed by atoms with E-state index in [2.05, 4.69) is 15.9 Å². The number of carboxylic acids is 1. The van der Waals surface area contributed by atoms with Crippen molar-refractivity contribution in [1.29, 1.82) is 0 Å². The number of hydrogen-bond donors (Lipinski definition) is 3. The Labute approximate surface area is 117 Å². The van der Waals surface area contributed by atoms with Gasteiger partial charge in [-0.05, 0) is 18.2 Å². The second kappa shape index (κ2) is 5.18. The van der Waals surface area contributed by atoms with E-state index in [1.165, 1.54) is 4.90 Å². The van der Waals surface area contributed by atoms with Crippen LogP contribution < -0.4 is 10.6 Å². The van der Waals surface area contributed by atoms with E-state index in [0.29, 0.717) is 10.2 Å². The molecule has 0 saturated carbocycles. The standard InChI is InChI=1S/C12H13BrN2O4/c13-6-1-2-9(8(3-6)11(14)17)15-5-7(16)4-10(15)12(18)19/h1-3,7,10,16H,4-5H2,(H2,14,17)(H,18,19). The van der Waals surface area contributed by atoms with Gasteiger partial charge in [-0.1, -0.05) is 15.9 Å². The number of primary amides is 1. The number of hydrogen-bond acceptors (Lipinski definition) is 4. The highest BCUT2D eigenvalue weighted by Gasteiger charge is 2.37. The van der Waals surface area contributed by atoms with Gasteiger partial charge in [0.05, 0.1) is 17.4 Å². The summed E-state index contributed by atoms with van der Waals surface area (Å²) in [5.74, 6) is -1.67. The topological polar surface area (TPSA) is 104 Å². The number of halogens is 1. The zero-order valence-electron chi connectivity index (χ0n) is 9.91. The maximum absolute atomic E-state index is 11.5. The summed E-state index contributed by atoms with van der Waals surface area (Å²) in [7, 11) is 0. The van der Waals surface area contributed by atoms with Crippen molar-refractivity contribution in [3.8, 4) is 0 Å². The number of nitrogens with zero attached hydrogens (tertiary/aromatic N) is 1. The molecule has 1 aromatic carbocycles. The molecule has 19 heavy (non-hydrogen) atoms. The summed E-state index contributed by atoms with van der Waals surface area (Å²) >= 11 is 3.24. The van der Waals surface area contributed by atoms with Crippen molar-refractivity contribution in [2.24, 2.45) is 5.73 Å². The van der Waals surface area contributed by atoms with Crippen LogP contribution in [0.25, 0.3) is 0 Å². The Balaban J connectivity index is 2.46. The molecule has 1 fully saturated rings. The lowest BCUT2D eigenvalue weighted by molar-refractivity contribution is -0.138. The zero-order chi connectivity index (χ0) is 14.2. The van der Waals surface area contributed by atoms with Gasteiger partial charge in [0.15, 0.2) is 0 Å². The molecule has 2 unspecified atom stereocenters. The first-order valence-corrected chi connectivity index (χ1v) is 6.46. The van der Waals surface area contributed by atoms with Gasteiger partial charge >= 0.3 is 5.97 Å². The Hall–Kier alpha value is -1.60. The van der Waals surface area contributed by atoms with E-state index >= 15 is 0 Å². The predicted molar refractivity (Wildman–Crippen MR) is 72.1 cm³/mol. The summed E-state index contributed by atoms with van der Waals surface area (Å²) in [6.07, 6.45) is -0.602. The maximum Gasteiger partial charge on any atom is 0.326 e. The molecule has 4 N–H and O–H groups in total. The van der Waals surface area contributed by atoms with Crippen LogP contribution in [0.5, 0.6) is 0 Å². The number of carboxylic acid groups (broad SMARTS) is 1. The van der Waals surface area contributed by atoms with Crippen LogP contribution in [0.2, 0.25) is 0 Å². The Bertz CT molecular complexity index is 534. The minimum atomic E-state index is -1.03. The normalized spacial score (nSPS) is 22.5. The van der Waals surface area contributed by atoms with Crippen LogP contribution in [0.15, 0.2) is 22.7 Å². The Morgan fingerprint density at radius 2 is 2.11 bits per heavy atom. The van der Waals surface area contributed by atoms with E-state index in [9.17, 15) is 14.7 Å². The number of nitrogens with two attached hydrogens (primary N) is 1. The lowest BCUT2D eigenvalue weighted by Gasteiger charge is -2.25. The van der Waals surface area contributed by atoms with E-state index in [1.807, 2.05) is 0 Å². The molecule has 1 aliphatic rings. The van der Waals surface area contributed by atoms with Gasteiger partial charge in [-0.25, -0.2) is 4.79 Å². The molecule has 2 rings (SSSR count). The van der Waals surface area contributed by atoms with Gasteiger partial charge in [0.1, 0.15) is 6.04 Å². The summed E-state index contributed by atoms with van der Waals surface area (Å²) in [5, 5.41) is 18.8. The largest absolute Gasteiger partial charge is 0.480 e. The summed E-state index contributed by atoms with van der Waals surface area (Å²) < 4.78 is 0.677. The monoisotopic (exact) mass is 328 g/mol. The van der Waals surface area contributed by atoms with Crippen molar-refractivity contribution in [1.82, 2.24) is 0 Å². The fourth-order valence-corrected chi connectivity index (χ4v) is 2.63. The SMILES string of the molecule is NC(=O)c1cc(Br)ccc1N1CC(O)CC1C(=O)O. The lowest BCUT2D eigenvalue weighted by atomic mass is 10.1. The smallest absolute Gasteiger partial charge is 0.326 e. The van der Waals surface area contributed by atoms with Crippen molar-refractivity contribution in [3.05, 3.63) is 28.2 Å². The second-order valence-electron chi connectivity index (χ2n) is 4.42. The molecular formula is C12H13BrN2O4. The molecule has 102 valence electrons. The highest BCUT2D eigenvalue weighted by atomic mass is 79.9. The van der Waals surface area contributed by atoms with Crippen molar-refractivity contribution < 1.29 is 19.8 Å². The molecule has 1 aliphatic heterocycles. The van der Waals surface area contributed by atoms with Gasteiger partial charge in [0.2, 0.25) is 0 Å². The van der Waals surface area contributed by atoms with Crippen LogP contribution >= 0.6 is 15.9 Å². The first-order valence-electron chi connectivity index (χ1n) is 5.67. The van der Waals surface area contributed by atoms with E-state index in [4.69, 9.17) is 10.8 Å². The van der Waals surface area contributed by atoms with E-state index in [0.717, 1.165) is 0 Å². The number of carbonyl (C=O) groups excluding carboxylic acids is 1. The number of aliphatic carboxylic acids is 1. The number of rotatable bonds is 3. The van der Waals surface area contributed by atoms with E-state index < -0.39 is 24.0 Å². The minimum Gasteiger partial charge on any atom is -0.480 e. The third-order valence-electron chi connectivity index (χ3n) is 3.10. The third-order valence-corrected chi connectivity index (χ3v) is 3.59. The zero-order valence-corrected chi connectivity index (χ0v) is 11.5. The molecule has 2 atom stereocenters. The van der Waals surface area contributed by atoms with E-state index in [1.54, 1.807) is 18.2 Å². The fraction of sp³-hybridized carbons (Fsp3) is 0.333. The van der Waals surface area contributed by atoms with Gasteiger partial charge in [-0.15, -0.1) is 0 Å². The van der Waals surface area contributed by atoms with Crippen molar-refractivity contribution in [3.63, 3.8) is 0 Å². The molecule has 1 heterocycles. The average molecular weight is 329 g/mol. The maximum atomic E-state index is 11.5. The number of amides is 1. The summed E-state index contributed by atoms with van der Waals surface area (Å²) in [6.45, 7) is 0.166. The molecule has 0 radical (unpaired) electrons. The first-order chi connectivity index (χ1) is 8.90. The Morgan fingerprint density at radius 3 is 2.68 bits per heavy atom. The first kappa shape index (κ1) is 13.8. The van der Waals surface area contributed by atoms with Crippen LogP contribution in [0.3, 0.4) is 0 Å². The van der Waals surface area contributed by atoms with Gasteiger partial charge in [-0.3, -0.25) is 4.79 Å². The minimum absolute atomic E-state index is 0.129. The molecule has 6 nitrogen and oxygen atoms in total. The number of aliphatic hydroxyl groups is 1. The molecule has 0 spiro atoms. The molecule has 1 amide bonds. The second-order valence-corrected chi connectivity index (χ2v) is 5.34. The van der Waals surface area contributed by atoms with Gasteiger partial charge in [-0.2, -0.15) is 0 Å². The highest BCUT2D eigenvalue weighted by Crippen LogP contribution is 2.30. The van der Waals surface area contributed by atoms with Gasteiger partial charge < -0.3 is 20.8 Å². The Kier molecular flexibility index (Phi) is 3.77. The van der Waals surface area contributed by atoms with Crippen molar-refractivity contribution >= 4 is 33.5 Å². The molecule has 7 heteroatoms. The molecule has 0 bridgehead atoms. The molecule has 1 saturated heterocycles. The number of carbonyl (C=O) groups is 2. The van der Waals surface area contributed by atoms with Crippen LogP contribution in [-0.2, 0) is 4.79 Å². The molecule has 0 aliphatic carbocycles. The number of benzene rings is 1. The van der Waals surface area contributed by atoms with E-state index in [-0.39, 0.29) is 18.5 Å². The molecular weight excluding hydrogens is 316 g/mol. The van der Waals surface area contributed by atoms with Crippen LogP contribution in [0.1, 0.15) is 16.8 Å². The van der Waals surface area contributed by atoms with Crippen molar-refractivity contribution in [2.45, 2.75) is 18.6 Å². The number of β-amino-alcohol motifs (C(OH)–C–C–N with tert-alkyl or cyclic N) is 1. The summed E-state index contributed by atoms with van der Waals surface area (Å²) in [4.78, 5) is 24.2. The summed E-state index contributed by atoms with van der Waals surface area (Å²) in [6, 6.07) is 4.01. The van der Waals surface area contributed by atoms with Crippen LogP contribution in [-0.4, -0.2) is 40.8 Å². The molecule has 0 aromatic heterocycles. The highest BCUT2D eigenvalue weighted by molar-refractivity contribution is 9.10. The number of aliphatic hydroxyl groups excluding tert-OH is 1.